The second-order valence-corrected chi connectivity index (χ2v) is 7.30. The fourth-order valence-electron chi connectivity index (χ4n) is 2.66. The lowest BCUT2D eigenvalue weighted by atomic mass is 10.2. The molecule has 2 rings (SSSR count). The number of thioether (sulfide) groups is 1. The van der Waals surface area contributed by atoms with Gasteiger partial charge in [-0.05, 0) is 48.1 Å². The van der Waals surface area contributed by atoms with E-state index >= 15 is 0 Å². The van der Waals surface area contributed by atoms with Crippen LogP contribution in [0.2, 0.25) is 0 Å². The maximum Gasteiger partial charge on any atom is 0.191 e. The fourth-order valence-corrected chi connectivity index (χ4v) is 3.15. The van der Waals surface area contributed by atoms with E-state index < -0.39 is 0 Å². The highest BCUT2D eigenvalue weighted by molar-refractivity contribution is 7.98. The molecule has 0 amide bonds. The van der Waals surface area contributed by atoms with Gasteiger partial charge < -0.3 is 20.1 Å². The van der Waals surface area contributed by atoms with Gasteiger partial charge in [-0.2, -0.15) is 11.8 Å². The van der Waals surface area contributed by atoms with E-state index in [1.165, 1.54) is 12.2 Å². The average Bonchev–Trinajstić information content (AvgIpc) is 2.75. The van der Waals surface area contributed by atoms with Gasteiger partial charge >= 0.3 is 0 Å². The summed E-state index contributed by atoms with van der Waals surface area (Å²) in [6, 6.07) is 16.1. The van der Waals surface area contributed by atoms with Crippen molar-refractivity contribution >= 4 is 17.7 Å². The number of nitrogens with one attached hydrogen (secondary N) is 2. The van der Waals surface area contributed by atoms with Crippen molar-refractivity contribution in [2.45, 2.75) is 26.0 Å². The molecule has 2 aromatic carbocycles. The van der Waals surface area contributed by atoms with Crippen LogP contribution in [0.1, 0.15) is 24.0 Å². The maximum atomic E-state index is 5.92. The number of nitrogens with zero attached hydrogens (tertiary/aromatic N) is 1. The minimum atomic E-state index is 0.516. The molecule has 0 radical (unpaired) electrons. The SMILES string of the molecule is CN=C(NCCCCSC)NCc1ccc(OCc2ccccc2)c(OC)c1. The zero-order valence-electron chi connectivity index (χ0n) is 17.0. The molecule has 6 heteroatoms. The first kappa shape index (κ1) is 22.0. The van der Waals surface area contributed by atoms with Crippen LogP contribution in [0.4, 0.5) is 0 Å². The van der Waals surface area contributed by atoms with Crippen molar-refractivity contribution in [2.24, 2.45) is 4.99 Å². The Morgan fingerprint density at radius 2 is 1.82 bits per heavy atom. The van der Waals surface area contributed by atoms with Crippen LogP contribution in [0.3, 0.4) is 0 Å². The van der Waals surface area contributed by atoms with Crippen molar-refractivity contribution in [3.63, 3.8) is 0 Å². The molecule has 0 saturated heterocycles. The second-order valence-electron chi connectivity index (χ2n) is 6.31. The van der Waals surface area contributed by atoms with Crippen molar-refractivity contribution in [3.05, 3.63) is 59.7 Å². The van der Waals surface area contributed by atoms with Crippen molar-refractivity contribution in [1.29, 1.82) is 0 Å². The summed E-state index contributed by atoms with van der Waals surface area (Å²) in [4.78, 5) is 4.28. The van der Waals surface area contributed by atoms with Crippen LogP contribution < -0.4 is 20.1 Å². The van der Waals surface area contributed by atoms with Gasteiger partial charge in [0.1, 0.15) is 6.61 Å². The first-order valence-electron chi connectivity index (χ1n) is 9.54. The number of hydrogen-bond donors (Lipinski definition) is 2. The predicted molar refractivity (Wildman–Crippen MR) is 120 cm³/mol. The van der Waals surface area contributed by atoms with Crippen LogP contribution in [0.15, 0.2) is 53.5 Å². The Balaban J connectivity index is 1.84. The molecule has 28 heavy (non-hydrogen) atoms. The normalized spacial score (nSPS) is 11.2. The van der Waals surface area contributed by atoms with Gasteiger partial charge in [-0.1, -0.05) is 36.4 Å². The average molecular weight is 402 g/mol. The van der Waals surface area contributed by atoms with Crippen molar-refractivity contribution in [2.75, 3.05) is 32.7 Å². The third-order valence-corrected chi connectivity index (χ3v) is 4.91. The van der Waals surface area contributed by atoms with E-state index in [2.05, 4.69) is 21.9 Å². The zero-order chi connectivity index (χ0) is 20.0. The van der Waals surface area contributed by atoms with E-state index in [1.54, 1.807) is 14.2 Å². The standard InChI is InChI=1S/C22H31N3O2S/c1-23-22(24-13-7-8-14-28-3)25-16-19-11-12-20(21(15-19)26-2)27-17-18-9-5-4-6-10-18/h4-6,9-12,15H,7-8,13-14,16-17H2,1-3H3,(H2,23,24,25). The summed E-state index contributed by atoms with van der Waals surface area (Å²) < 4.78 is 11.4. The summed E-state index contributed by atoms with van der Waals surface area (Å²) in [5.41, 5.74) is 2.23. The topological polar surface area (TPSA) is 54.9 Å². The second kappa shape index (κ2) is 12.9. The number of aliphatic imine (C=N–C) groups is 1. The molecule has 0 aliphatic carbocycles. The van der Waals surface area contributed by atoms with Crippen molar-refractivity contribution in [3.8, 4) is 11.5 Å². The number of ether oxygens (including phenoxy) is 2. The summed E-state index contributed by atoms with van der Waals surface area (Å²) >= 11 is 1.88. The van der Waals surface area contributed by atoms with Gasteiger partial charge in [0.15, 0.2) is 17.5 Å². The monoisotopic (exact) mass is 401 g/mol. The van der Waals surface area contributed by atoms with Crippen LogP contribution in [0.5, 0.6) is 11.5 Å². The molecule has 0 unspecified atom stereocenters. The molecular formula is C22H31N3O2S. The van der Waals surface area contributed by atoms with E-state index in [9.17, 15) is 0 Å². The third-order valence-electron chi connectivity index (χ3n) is 4.22. The lowest BCUT2D eigenvalue weighted by Crippen LogP contribution is -2.37. The van der Waals surface area contributed by atoms with Gasteiger partial charge in [0.2, 0.25) is 0 Å². The molecule has 0 fully saturated rings. The van der Waals surface area contributed by atoms with E-state index in [1.807, 2.05) is 60.3 Å². The van der Waals surface area contributed by atoms with Crippen LogP contribution >= 0.6 is 11.8 Å². The Morgan fingerprint density at radius 3 is 2.54 bits per heavy atom. The number of hydrogen-bond acceptors (Lipinski definition) is 4. The van der Waals surface area contributed by atoms with Crippen LogP contribution in [-0.4, -0.2) is 38.7 Å². The van der Waals surface area contributed by atoms with Crippen LogP contribution in [0, 0.1) is 0 Å². The van der Waals surface area contributed by atoms with Gasteiger partial charge in [-0.3, -0.25) is 4.99 Å². The van der Waals surface area contributed by atoms with Gasteiger partial charge in [-0.15, -0.1) is 0 Å². The molecule has 0 saturated carbocycles. The highest BCUT2D eigenvalue weighted by Gasteiger charge is 2.07. The Bertz CT molecular complexity index is 723. The van der Waals surface area contributed by atoms with Crippen molar-refractivity contribution in [1.82, 2.24) is 10.6 Å². The fraction of sp³-hybridized carbons (Fsp3) is 0.409. The van der Waals surface area contributed by atoms with E-state index in [0.717, 1.165) is 41.6 Å². The number of rotatable bonds is 11. The molecule has 152 valence electrons. The van der Waals surface area contributed by atoms with Gasteiger partial charge in [-0.25, -0.2) is 0 Å². The highest BCUT2D eigenvalue weighted by Crippen LogP contribution is 2.28. The Hall–Kier alpha value is -2.34. The Kier molecular flexibility index (Phi) is 10.1. The summed E-state index contributed by atoms with van der Waals surface area (Å²) in [6.45, 7) is 2.11. The Morgan fingerprint density at radius 1 is 1.00 bits per heavy atom. The minimum absolute atomic E-state index is 0.516. The van der Waals surface area contributed by atoms with Crippen molar-refractivity contribution < 1.29 is 9.47 Å². The molecule has 0 spiro atoms. The quantitative estimate of drug-likeness (QED) is 0.338. The first-order valence-corrected chi connectivity index (χ1v) is 10.9. The molecule has 0 heterocycles. The lowest BCUT2D eigenvalue weighted by molar-refractivity contribution is 0.284. The summed E-state index contributed by atoms with van der Waals surface area (Å²) in [5, 5.41) is 6.69. The lowest BCUT2D eigenvalue weighted by Gasteiger charge is -2.14. The number of guanidine groups is 1. The predicted octanol–water partition coefficient (Wildman–Crippen LogP) is 4.08. The van der Waals surface area contributed by atoms with Crippen LogP contribution in [-0.2, 0) is 13.2 Å². The van der Waals surface area contributed by atoms with Gasteiger partial charge in [0.25, 0.3) is 0 Å². The maximum absolute atomic E-state index is 5.92. The Labute approximate surface area is 172 Å². The molecule has 0 aromatic heterocycles. The molecular weight excluding hydrogens is 370 g/mol. The number of methoxy groups -OCH3 is 1. The highest BCUT2D eigenvalue weighted by atomic mass is 32.2. The molecule has 0 atom stereocenters. The van der Waals surface area contributed by atoms with Crippen LogP contribution in [0.25, 0.3) is 0 Å². The van der Waals surface area contributed by atoms with E-state index in [-0.39, 0.29) is 0 Å². The molecule has 5 nitrogen and oxygen atoms in total. The first-order chi connectivity index (χ1) is 13.8. The van der Waals surface area contributed by atoms with Gasteiger partial charge in [0, 0.05) is 20.1 Å². The summed E-state index contributed by atoms with van der Waals surface area (Å²) in [5.74, 6) is 3.49. The number of unbranched alkanes of at least 4 members (excludes halogenated alkanes) is 1. The molecule has 0 bridgehead atoms. The number of benzene rings is 2. The largest absolute Gasteiger partial charge is 0.493 e. The third kappa shape index (κ3) is 7.72. The molecule has 0 aliphatic heterocycles. The minimum Gasteiger partial charge on any atom is -0.493 e. The zero-order valence-corrected chi connectivity index (χ0v) is 17.8. The molecule has 2 N–H and O–H groups in total. The molecule has 0 aliphatic rings. The summed E-state index contributed by atoms with van der Waals surface area (Å²) in [7, 11) is 3.45. The van der Waals surface area contributed by atoms with E-state index in [0.29, 0.717) is 13.2 Å². The van der Waals surface area contributed by atoms with Gasteiger partial charge in [0.05, 0.1) is 7.11 Å². The summed E-state index contributed by atoms with van der Waals surface area (Å²) in [6.07, 6.45) is 4.50. The molecule has 2 aromatic rings. The smallest absolute Gasteiger partial charge is 0.191 e. The van der Waals surface area contributed by atoms with E-state index in [4.69, 9.17) is 9.47 Å².